The van der Waals surface area contributed by atoms with Crippen molar-refractivity contribution in [3.05, 3.63) is 83.9 Å². The van der Waals surface area contributed by atoms with Gasteiger partial charge in [0.15, 0.2) is 0 Å². The van der Waals surface area contributed by atoms with E-state index in [1.165, 1.54) is 27.4 Å². The number of hydrogen-bond acceptors (Lipinski definition) is 7. The van der Waals surface area contributed by atoms with Gasteiger partial charge in [-0.15, -0.1) is 0 Å². The van der Waals surface area contributed by atoms with Crippen molar-refractivity contribution in [1.29, 1.82) is 0 Å². The van der Waals surface area contributed by atoms with E-state index < -0.39 is 28.4 Å². The van der Waals surface area contributed by atoms with Crippen LogP contribution in [0.25, 0.3) is 0 Å². The summed E-state index contributed by atoms with van der Waals surface area (Å²) in [6.45, 7) is 0.731. The number of amides is 1. The number of rotatable bonds is 13. The smallest absolute Gasteiger partial charge is 0.299 e. The first-order valence-electron chi connectivity index (χ1n) is 12.9. The molecule has 3 aromatic rings. The normalized spacial score (nSPS) is 17.0. The van der Waals surface area contributed by atoms with Gasteiger partial charge >= 0.3 is 0 Å². The number of benzene rings is 3. The van der Waals surface area contributed by atoms with Crippen LogP contribution >= 0.6 is 0 Å². The summed E-state index contributed by atoms with van der Waals surface area (Å²) in [6, 6.07) is 20.1. The molecule has 40 heavy (non-hydrogen) atoms. The molecule has 3 aromatic carbocycles. The molecular formula is C29H29FN2O7S. The molecule has 1 fully saturated rings. The van der Waals surface area contributed by atoms with Crippen molar-refractivity contribution in [3.8, 4) is 11.5 Å². The van der Waals surface area contributed by atoms with Crippen LogP contribution < -0.4 is 14.4 Å². The fourth-order valence-electron chi connectivity index (χ4n) is 4.59. The summed E-state index contributed by atoms with van der Waals surface area (Å²) in [7, 11) is -3.88. The van der Waals surface area contributed by atoms with Crippen LogP contribution in [-0.4, -0.2) is 70.1 Å². The Bertz CT molecular complexity index is 1470. The number of alkyl halides is 1. The Hall–Kier alpha value is -3.80. The summed E-state index contributed by atoms with van der Waals surface area (Å²) in [6.07, 6.45) is 0.666. The van der Waals surface area contributed by atoms with Gasteiger partial charge < -0.3 is 19.1 Å². The summed E-state index contributed by atoms with van der Waals surface area (Å²) in [5, 5.41) is 0. The minimum atomic E-state index is -3.88. The number of carbonyl (C=O) groups is 2. The lowest BCUT2D eigenvalue weighted by Gasteiger charge is -2.39. The lowest BCUT2D eigenvalue weighted by Crippen LogP contribution is -2.53. The number of ether oxygens (including phenoxy) is 3. The summed E-state index contributed by atoms with van der Waals surface area (Å²) in [4.78, 5) is 27.0. The maximum atomic E-state index is 13.4. The van der Waals surface area contributed by atoms with E-state index in [1.54, 1.807) is 24.3 Å². The number of para-hydroxylation sites is 1. The third-order valence-corrected chi connectivity index (χ3v) is 8.75. The van der Waals surface area contributed by atoms with E-state index in [0.717, 1.165) is 5.56 Å². The van der Waals surface area contributed by atoms with Crippen LogP contribution in [-0.2, 0) is 26.1 Å². The Labute approximate surface area is 232 Å². The zero-order valence-corrected chi connectivity index (χ0v) is 22.5. The molecule has 0 radical (unpaired) electrons. The minimum Gasteiger partial charge on any atom is -0.492 e. The van der Waals surface area contributed by atoms with Crippen molar-refractivity contribution in [3.63, 3.8) is 0 Å². The summed E-state index contributed by atoms with van der Waals surface area (Å²) in [5.74, 6) is -0.207. The molecule has 0 aliphatic carbocycles. The molecule has 0 spiro atoms. The number of sulfonamides is 1. The average Bonchev–Trinajstić information content (AvgIpc) is 3.18. The van der Waals surface area contributed by atoms with Crippen LogP contribution in [0, 0.1) is 0 Å². The number of fused-ring (bicyclic) bond motifs is 1. The molecule has 1 amide bonds. The van der Waals surface area contributed by atoms with Gasteiger partial charge in [0.2, 0.25) is 10.0 Å². The molecule has 2 aliphatic heterocycles. The van der Waals surface area contributed by atoms with Crippen LogP contribution in [0.1, 0.15) is 22.3 Å². The maximum absolute atomic E-state index is 13.4. The highest BCUT2D eigenvalue weighted by molar-refractivity contribution is 7.89. The zero-order chi connectivity index (χ0) is 28.1. The molecule has 0 aromatic heterocycles. The fourth-order valence-corrected chi connectivity index (χ4v) is 6.27. The van der Waals surface area contributed by atoms with Crippen LogP contribution in [0.2, 0.25) is 0 Å². The quantitative estimate of drug-likeness (QED) is 0.229. The van der Waals surface area contributed by atoms with Gasteiger partial charge in [0.25, 0.3) is 11.7 Å². The SMILES string of the molecule is O=C1C(=O)N(Cc2ccc(OCCOCCF)cc2)c2ccc(S(=O)(=O)N3CC[C@H]3COc3ccccc3)cc21. The van der Waals surface area contributed by atoms with Crippen molar-refractivity contribution >= 4 is 27.4 Å². The number of halogens is 1. The first kappa shape index (κ1) is 27.8. The Morgan fingerprint density at radius 3 is 2.33 bits per heavy atom. The van der Waals surface area contributed by atoms with Gasteiger partial charge in [-0.25, -0.2) is 12.8 Å². The van der Waals surface area contributed by atoms with Crippen LogP contribution in [0.3, 0.4) is 0 Å². The highest BCUT2D eigenvalue weighted by Crippen LogP contribution is 2.35. The largest absolute Gasteiger partial charge is 0.492 e. The average molecular weight is 569 g/mol. The number of anilines is 1. The molecule has 0 unspecified atom stereocenters. The molecule has 1 atom stereocenters. The van der Waals surface area contributed by atoms with Gasteiger partial charge in [0.05, 0.1) is 41.9 Å². The van der Waals surface area contributed by atoms with Gasteiger partial charge in [0.1, 0.15) is 31.4 Å². The van der Waals surface area contributed by atoms with Crippen molar-refractivity contribution in [1.82, 2.24) is 4.31 Å². The topological polar surface area (TPSA) is 102 Å². The van der Waals surface area contributed by atoms with Crippen molar-refractivity contribution in [2.75, 3.05) is 44.5 Å². The molecule has 0 bridgehead atoms. The monoisotopic (exact) mass is 568 g/mol. The summed E-state index contributed by atoms with van der Waals surface area (Å²) >= 11 is 0. The Balaban J connectivity index is 1.24. The van der Waals surface area contributed by atoms with E-state index >= 15 is 0 Å². The number of nitrogens with zero attached hydrogens (tertiary/aromatic N) is 2. The van der Waals surface area contributed by atoms with E-state index in [2.05, 4.69) is 0 Å². The third-order valence-electron chi connectivity index (χ3n) is 6.81. The molecule has 5 rings (SSSR count). The summed E-state index contributed by atoms with van der Waals surface area (Å²) < 4.78 is 56.5. The zero-order valence-electron chi connectivity index (χ0n) is 21.7. The van der Waals surface area contributed by atoms with Gasteiger partial charge in [-0.05, 0) is 54.4 Å². The molecule has 2 aliphatic rings. The van der Waals surface area contributed by atoms with Crippen LogP contribution in [0.5, 0.6) is 11.5 Å². The van der Waals surface area contributed by atoms with Crippen LogP contribution in [0.15, 0.2) is 77.7 Å². The molecule has 0 N–H and O–H groups in total. The predicted octanol–water partition coefficient (Wildman–Crippen LogP) is 3.62. The predicted molar refractivity (Wildman–Crippen MR) is 145 cm³/mol. The Morgan fingerprint density at radius 1 is 0.875 bits per heavy atom. The van der Waals surface area contributed by atoms with Gasteiger partial charge in [-0.3, -0.25) is 9.59 Å². The maximum Gasteiger partial charge on any atom is 0.299 e. The minimum absolute atomic E-state index is 0.0300. The van der Waals surface area contributed by atoms with Crippen molar-refractivity contribution in [2.45, 2.75) is 23.9 Å². The second-order valence-electron chi connectivity index (χ2n) is 9.38. The Morgan fingerprint density at radius 2 is 1.62 bits per heavy atom. The van der Waals surface area contributed by atoms with E-state index in [9.17, 15) is 22.4 Å². The second-order valence-corrected chi connectivity index (χ2v) is 11.3. The molecule has 210 valence electrons. The highest BCUT2D eigenvalue weighted by Gasteiger charge is 2.41. The summed E-state index contributed by atoms with van der Waals surface area (Å²) in [5.41, 5.74) is 1.19. The number of ketones is 1. The molecule has 2 heterocycles. The van der Waals surface area contributed by atoms with E-state index in [0.29, 0.717) is 30.2 Å². The van der Waals surface area contributed by atoms with Crippen molar-refractivity contribution in [2.24, 2.45) is 0 Å². The lowest BCUT2D eigenvalue weighted by atomic mass is 10.1. The molecule has 0 saturated carbocycles. The van der Waals surface area contributed by atoms with Crippen LogP contribution in [0.4, 0.5) is 10.1 Å². The first-order valence-corrected chi connectivity index (χ1v) is 14.4. The standard InChI is InChI=1S/C29H29FN2O7S/c30-13-15-37-16-17-38-24-8-6-21(7-9-24)19-31-27-11-10-25(18-26(27)28(33)29(31)34)40(35,36)32-14-12-22(32)20-39-23-4-2-1-3-5-23/h1-11,18,22H,12-17,19-20H2/t22-/m0/s1. The molecule has 11 heteroatoms. The van der Waals surface area contributed by atoms with E-state index in [-0.39, 0.29) is 49.5 Å². The van der Waals surface area contributed by atoms with Crippen molar-refractivity contribution < 1.29 is 36.6 Å². The molecule has 1 saturated heterocycles. The fraction of sp³-hybridized carbons (Fsp3) is 0.310. The Kier molecular flexibility index (Phi) is 8.43. The third kappa shape index (κ3) is 5.86. The second kappa shape index (κ2) is 12.2. The number of Topliss-reactive ketones (excluding diaryl/α,β-unsaturated/α-hetero) is 1. The molecule has 9 nitrogen and oxygen atoms in total. The number of hydrogen-bond donors (Lipinski definition) is 0. The van der Waals surface area contributed by atoms with Gasteiger partial charge in [0, 0.05) is 6.54 Å². The van der Waals surface area contributed by atoms with Gasteiger partial charge in [-0.1, -0.05) is 30.3 Å². The van der Waals surface area contributed by atoms with E-state index in [4.69, 9.17) is 14.2 Å². The highest BCUT2D eigenvalue weighted by atomic mass is 32.2. The lowest BCUT2D eigenvalue weighted by molar-refractivity contribution is -0.114. The first-order chi connectivity index (χ1) is 19.4. The number of carbonyl (C=O) groups excluding carboxylic acids is 2. The van der Waals surface area contributed by atoms with Gasteiger partial charge in [-0.2, -0.15) is 4.31 Å². The van der Waals surface area contributed by atoms with E-state index in [1.807, 2.05) is 30.3 Å². The molecular weight excluding hydrogens is 539 g/mol.